The first kappa shape index (κ1) is 17.5. The van der Waals surface area contributed by atoms with Crippen LogP contribution in [0.3, 0.4) is 0 Å². The summed E-state index contributed by atoms with van der Waals surface area (Å²) in [6.45, 7) is 4.19. The molecule has 0 unspecified atom stereocenters. The molecule has 116 valence electrons. The summed E-state index contributed by atoms with van der Waals surface area (Å²) in [6.07, 6.45) is 1.17. The van der Waals surface area contributed by atoms with Crippen LogP contribution in [0.25, 0.3) is 0 Å². The molecule has 4 nitrogen and oxygen atoms in total. The van der Waals surface area contributed by atoms with Crippen molar-refractivity contribution in [2.24, 2.45) is 5.73 Å². The predicted octanol–water partition coefficient (Wildman–Crippen LogP) is 1.26. The molecule has 1 aromatic carbocycles. The Kier molecular flexibility index (Phi) is 8.53. The SMILES string of the molecule is CN(C)CCCN(C)CCOc1cccc(C#CCN)c1. The van der Waals surface area contributed by atoms with Gasteiger partial charge in [-0.1, -0.05) is 17.9 Å². The molecule has 0 bridgehead atoms. The molecular weight excluding hydrogens is 262 g/mol. The second-order valence-corrected chi connectivity index (χ2v) is 5.34. The highest BCUT2D eigenvalue weighted by Crippen LogP contribution is 2.12. The van der Waals surface area contributed by atoms with Crippen LogP contribution < -0.4 is 10.5 Å². The molecular formula is C17H27N3O. The van der Waals surface area contributed by atoms with E-state index < -0.39 is 0 Å². The Morgan fingerprint density at radius 2 is 1.95 bits per heavy atom. The van der Waals surface area contributed by atoms with Gasteiger partial charge in [-0.15, -0.1) is 0 Å². The van der Waals surface area contributed by atoms with E-state index in [1.165, 1.54) is 6.42 Å². The molecule has 0 spiro atoms. The smallest absolute Gasteiger partial charge is 0.120 e. The average molecular weight is 289 g/mol. The quantitative estimate of drug-likeness (QED) is 0.732. The number of nitrogens with two attached hydrogens (primary N) is 1. The molecule has 0 atom stereocenters. The number of hydrogen-bond acceptors (Lipinski definition) is 4. The molecule has 0 radical (unpaired) electrons. The highest BCUT2D eigenvalue weighted by atomic mass is 16.5. The minimum atomic E-state index is 0.378. The molecule has 0 amide bonds. The molecule has 1 aromatic rings. The standard InChI is InChI=1S/C17H27N3O/c1-19(2)11-6-12-20(3)13-14-21-17-9-4-7-16(15-17)8-5-10-18/h4,7,9,15H,6,10-14,18H2,1-3H3. The minimum absolute atomic E-state index is 0.378. The topological polar surface area (TPSA) is 41.7 Å². The summed E-state index contributed by atoms with van der Waals surface area (Å²) in [6, 6.07) is 7.83. The van der Waals surface area contributed by atoms with Crippen LogP contribution in [0.4, 0.5) is 0 Å². The molecule has 0 fully saturated rings. The first-order chi connectivity index (χ1) is 10.1. The van der Waals surface area contributed by atoms with E-state index in [2.05, 4.69) is 42.8 Å². The maximum Gasteiger partial charge on any atom is 0.120 e. The van der Waals surface area contributed by atoms with Gasteiger partial charge in [0.2, 0.25) is 0 Å². The zero-order chi connectivity index (χ0) is 15.5. The van der Waals surface area contributed by atoms with Crippen molar-refractivity contribution < 1.29 is 4.74 Å². The zero-order valence-electron chi connectivity index (χ0n) is 13.4. The molecule has 0 aliphatic carbocycles. The summed E-state index contributed by atoms with van der Waals surface area (Å²) >= 11 is 0. The summed E-state index contributed by atoms with van der Waals surface area (Å²) in [5, 5.41) is 0. The van der Waals surface area contributed by atoms with Crippen molar-refractivity contribution in [1.82, 2.24) is 9.80 Å². The molecule has 0 heterocycles. The van der Waals surface area contributed by atoms with E-state index in [4.69, 9.17) is 10.5 Å². The van der Waals surface area contributed by atoms with Gasteiger partial charge in [0.15, 0.2) is 0 Å². The number of rotatable bonds is 8. The van der Waals surface area contributed by atoms with Crippen LogP contribution in [0, 0.1) is 11.8 Å². The fraction of sp³-hybridized carbons (Fsp3) is 0.529. The molecule has 1 rings (SSSR count). The van der Waals surface area contributed by atoms with Crippen molar-refractivity contribution >= 4 is 0 Å². The monoisotopic (exact) mass is 289 g/mol. The van der Waals surface area contributed by atoms with Gasteiger partial charge in [0.1, 0.15) is 12.4 Å². The van der Waals surface area contributed by atoms with E-state index in [1.54, 1.807) is 0 Å². The Balaban J connectivity index is 2.28. The molecule has 0 aliphatic heterocycles. The van der Waals surface area contributed by atoms with Crippen LogP contribution in [0.15, 0.2) is 24.3 Å². The summed E-state index contributed by atoms with van der Waals surface area (Å²) in [5.41, 5.74) is 6.31. The van der Waals surface area contributed by atoms with Crippen molar-refractivity contribution in [3.63, 3.8) is 0 Å². The molecule has 0 saturated heterocycles. The highest BCUT2D eigenvalue weighted by Gasteiger charge is 2.00. The van der Waals surface area contributed by atoms with Crippen molar-refractivity contribution in [3.8, 4) is 17.6 Å². The molecule has 0 aliphatic rings. The second kappa shape index (κ2) is 10.2. The Morgan fingerprint density at radius 3 is 2.67 bits per heavy atom. The summed E-state index contributed by atoms with van der Waals surface area (Å²) in [5.74, 6) is 6.72. The molecule has 2 N–H and O–H groups in total. The van der Waals surface area contributed by atoms with Gasteiger partial charge >= 0.3 is 0 Å². The Morgan fingerprint density at radius 1 is 1.14 bits per heavy atom. The summed E-state index contributed by atoms with van der Waals surface area (Å²) in [4.78, 5) is 4.50. The van der Waals surface area contributed by atoms with Crippen LogP contribution in [0.1, 0.15) is 12.0 Å². The molecule has 0 aromatic heterocycles. The molecule has 0 saturated carbocycles. The van der Waals surface area contributed by atoms with E-state index in [1.807, 2.05) is 24.3 Å². The van der Waals surface area contributed by atoms with E-state index in [9.17, 15) is 0 Å². The van der Waals surface area contributed by atoms with Gasteiger partial charge in [-0.25, -0.2) is 0 Å². The maximum absolute atomic E-state index is 5.77. The van der Waals surface area contributed by atoms with Crippen LogP contribution in [-0.4, -0.2) is 63.7 Å². The predicted molar refractivity (Wildman–Crippen MR) is 88.5 cm³/mol. The van der Waals surface area contributed by atoms with Crippen LogP contribution in [0.5, 0.6) is 5.75 Å². The van der Waals surface area contributed by atoms with Gasteiger partial charge in [-0.2, -0.15) is 0 Å². The lowest BCUT2D eigenvalue weighted by molar-refractivity contribution is 0.229. The Bertz CT molecular complexity index is 463. The van der Waals surface area contributed by atoms with Crippen LogP contribution in [-0.2, 0) is 0 Å². The summed E-state index contributed by atoms with van der Waals surface area (Å²) in [7, 11) is 6.33. The fourth-order valence-corrected chi connectivity index (χ4v) is 1.90. The largest absolute Gasteiger partial charge is 0.492 e. The number of benzene rings is 1. The first-order valence-corrected chi connectivity index (χ1v) is 7.37. The van der Waals surface area contributed by atoms with Gasteiger partial charge in [0.05, 0.1) is 6.54 Å². The minimum Gasteiger partial charge on any atom is -0.492 e. The number of hydrogen-bond donors (Lipinski definition) is 1. The summed E-state index contributed by atoms with van der Waals surface area (Å²) < 4.78 is 5.77. The van der Waals surface area contributed by atoms with E-state index in [0.29, 0.717) is 13.2 Å². The van der Waals surface area contributed by atoms with Crippen molar-refractivity contribution in [3.05, 3.63) is 29.8 Å². The number of nitrogens with zero attached hydrogens (tertiary/aromatic N) is 2. The van der Waals surface area contributed by atoms with E-state index in [0.717, 1.165) is 30.9 Å². The molecule has 21 heavy (non-hydrogen) atoms. The van der Waals surface area contributed by atoms with Gasteiger partial charge in [-0.05, 0) is 58.9 Å². The molecule has 4 heteroatoms. The Labute approximate surface area is 128 Å². The Hall–Kier alpha value is -1.54. The van der Waals surface area contributed by atoms with E-state index in [-0.39, 0.29) is 0 Å². The van der Waals surface area contributed by atoms with Gasteiger partial charge in [0.25, 0.3) is 0 Å². The third kappa shape index (κ3) is 8.36. The third-order valence-corrected chi connectivity index (χ3v) is 3.06. The lowest BCUT2D eigenvalue weighted by atomic mass is 10.2. The lowest BCUT2D eigenvalue weighted by Gasteiger charge is -2.18. The van der Waals surface area contributed by atoms with Gasteiger partial charge in [-0.3, -0.25) is 0 Å². The van der Waals surface area contributed by atoms with Crippen LogP contribution in [0.2, 0.25) is 0 Å². The van der Waals surface area contributed by atoms with Crippen molar-refractivity contribution in [2.45, 2.75) is 6.42 Å². The first-order valence-electron chi connectivity index (χ1n) is 7.37. The average Bonchev–Trinajstić information content (AvgIpc) is 2.45. The zero-order valence-corrected chi connectivity index (χ0v) is 13.4. The van der Waals surface area contributed by atoms with Crippen molar-refractivity contribution in [1.29, 1.82) is 0 Å². The third-order valence-electron chi connectivity index (χ3n) is 3.06. The number of ether oxygens (including phenoxy) is 1. The maximum atomic E-state index is 5.77. The van der Waals surface area contributed by atoms with E-state index >= 15 is 0 Å². The fourth-order valence-electron chi connectivity index (χ4n) is 1.90. The van der Waals surface area contributed by atoms with Gasteiger partial charge in [0, 0.05) is 12.1 Å². The van der Waals surface area contributed by atoms with Gasteiger partial charge < -0.3 is 20.3 Å². The van der Waals surface area contributed by atoms with Crippen LogP contribution >= 0.6 is 0 Å². The normalized spacial score (nSPS) is 10.6. The highest BCUT2D eigenvalue weighted by molar-refractivity contribution is 5.39. The second-order valence-electron chi connectivity index (χ2n) is 5.34. The number of likely N-dealkylation sites (N-methyl/N-ethyl adjacent to an activating group) is 1. The lowest BCUT2D eigenvalue weighted by Crippen LogP contribution is -2.27. The van der Waals surface area contributed by atoms with Crippen molar-refractivity contribution in [2.75, 3.05) is 53.9 Å².